The summed E-state index contributed by atoms with van der Waals surface area (Å²) in [4.78, 5) is 27.4. The number of nitrogens with two attached hydrogens (primary N) is 1. The topological polar surface area (TPSA) is 80.4 Å². The number of hydrogen-bond donors (Lipinski definition) is 2. The van der Waals surface area contributed by atoms with Crippen molar-refractivity contribution in [3.63, 3.8) is 0 Å². The molecule has 0 atom stereocenters. The molecule has 3 amide bonds. The van der Waals surface area contributed by atoms with Crippen molar-refractivity contribution < 1.29 is 9.59 Å². The first-order chi connectivity index (χ1) is 15.1. The minimum atomic E-state index is -0.404. The Labute approximate surface area is 183 Å². The lowest BCUT2D eigenvalue weighted by Gasteiger charge is -2.31. The van der Waals surface area contributed by atoms with Crippen LogP contribution < -0.4 is 11.1 Å². The van der Waals surface area contributed by atoms with E-state index in [2.05, 4.69) is 9.88 Å². The number of aromatic nitrogens is 1. The van der Waals surface area contributed by atoms with E-state index < -0.39 is 5.91 Å². The second-order valence-electron chi connectivity index (χ2n) is 9.35. The van der Waals surface area contributed by atoms with E-state index in [1.54, 1.807) is 0 Å². The fraction of sp³-hybridized carbons (Fsp3) is 0.520. The van der Waals surface area contributed by atoms with Gasteiger partial charge in [-0.1, -0.05) is 49.6 Å². The van der Waals surface area contributed by atoms with Crippen molar-refractivity contribution in [2.75, 3.05) is 13.1 Å². The van der Waals surface area contributed by atoms with E-state index in [1.165, 1.54) is 37.8 Å². The van der Waals surface area contributed by atoms with Gasteiger partial charge in [0.15, 0.2) is 0 Å². The maximum Gasteiger partial charge on any atom is 0.317 e. The van der Waals surface area contributed by atoms with Crippen LogP contribution in [0.3, 0.4) is 0 Å². The van der Waals surface area contributed by atoms with Gasteiger partial charge in [0.25, 0.3) is 5.91 Å². The van der Waals surface area contributed by atoms with Crippen molar-refractivity contribution in [3.05, 3.63) is 47.3 Å². The third kappa shape index (κ3) is 3.95. The lowest BCUT2D eigenvalue weighted by molar-refractivity contribution is 0.0997. The van der Waals surface area contributed by atoms with Crippen molar-refractivity contribution in [2.24, 2.45) is 11.7 Å². The molecule has 5 rings (SSSR count). The van der Waals surface area contributed by atoms with Crippen molar-refractivity contribution in [3.8, 4) is 11.1 Å². The molecule has 3 N–H and O–H groups in total. The largest absolute Gasteiger partial charge is 0.366 e. The Balaban J connectivity index is 1.43. The highest BCUT2D eigenvalue weighted by Gasteiger charge is 2.38. The molecule has 1 aromatic carbocycles. The molecule has 0 radical (unpaired) electrons. The highest BCUT2D eigenvalue weighted by Crippen LogP contribution is 2.48. The number of carbonyl (C=O) groups excluding carboxylic acids is 2. The van der Waals surface area contributed by atoms with E-state index in [-0.39, 0.29) is 6.03 Å². The van der Waals surface area contributed by atoms with Crippen LogP contribution in [0.25, 0.3) is 11.1 Å². The number of hydrogen-bond acceptors (Lipinski definition) is 2. The van der Waals surface area contributed by atoms with Crippen LogP contribution in [0.1, 0.15) is 72.6 Å². The maximum absolute atomic E-state index is 12.9. The molecule has 3 aliphatic rings. The molecule has 2 heterocycles. The SMILES string of the molecule is NC(=O)c1c(-c2ccccc2)c(C2CC2)n2c1CN(C(=O)NCC1CCCCC1)CC2. The summed E-state index contributed by atoms with van der Waals surface area (Å²) < 4.78 is 2.28. The molecule has 0 bridgehead atoms. The van der Waals surface area contributed by atoms with Gasteiger partial charge in [0.2, 0.25) is 0 Å². The van der Waals surface area contributed by atoms with Crippen LogP contribution in [-0.2, 0) is 13.1 Å². The van der Waals surface area contributed by atoms with E-state index in [0.717, 1.165) is 36.2 Å². The Morgan fingerprint density at radius 1 is 1.00 bits per heavy atom. The Morgan fingerprint density at radius 2 is 1.74 bits per heavy atom. The Morgan fingerprint density at radius 3 is 2.42 bits per heavy atom. The van der Waals surface area contributed by atoms with Gasteiger partial charge in [-0.05, 0) is 43.1 Å². The van der Waals surface area contributed by atoms with E-state index >= 15 is 0 Å². The standard InChI is InChI=1S/C25H32N4O2/c26-24(30)22-20-16-28(25(31)27-15-17-7-3-1-4-8-17)13-14-29(20)23(19-11-12-19)21(22)18-9-5-2-6-10-18/h2,5-6,9-10,17,19H,1,3-4,7-8,11-16H2,(H2,26,30)(H,27,31). The molecule has 6 nitrogen and oxygen atoms in total. The van der Waals surface area contributed by atoms with Crippen LogP contribution in [0.5, 0.6) is 0 Å². The first-order valence-electron chi connectivity index (χ1n) is 11.8. The summed E-state index contributed by atoms with van der Waals surface area (Å²) in [7, 11) is 0. The van der Waals surface area contributed by atoms with Gasteiger partial charge < -0.3 is 20.5 Å². The van der Waals surface area contributed by atoms with Crippen LogP contribution in [0, 0.1) is 5.92 Å². The zero-order valence-electron chi connectivity index (χ0n) is 18.1. The predicted molar refractivity (Wildman–Crippen MR) is 121 cm³/mol. The van der Waals surface area contributed by atoms with Gasteiger partial charge in [-0.2, -0.15) is 0 Å². The number of carbonyl (C=O) groups is 2. The van der Waals surface area contributed by atoms with E-state index in [9.17, 15) is 9.59 Å². The van der Waals surface area contributed by atoms with Crippen molar-refractivity contribution in [1.29, 1.82) is 0 Å². The summed E-state index contributed by atoms with van der Waals surface area (Å²) >= 11 is 0. The molecule has 6 heteroatoms. The van der Waals surface area contributed by atoms with E-state index in [1.807, 2.05) is 35.2 Å². The summed E-state index contributed by atoms with van der Waals surface area (Å²) in [6, 6.07) is 10.1. The number of urea groups is 1. The number of nitrogens with zero attached hydrogens (tertiary/aromatic N) is 2. The highest BCUT2D eigenvalue weighted by atomic mass is 16.2. The van der Waals surface area contributed by atoms with Crippen molar-refractivity contribution in [2.45, 2.75) is 64.0 Å². The van der Waals surface area contributed by atoms with Gasteiger partial charge in [0, 0.05) is 30.9 Å². The summed E-state index contributed by atoms with van der Waals surface area (Å²) in [5.74, 6) is 0.673. The lowest BCUT2D eigenvalue weighted by Crippen LogP contribution is -2.46. The first-order valence-corrected chi connectivity index (χ1v) is 11.8. The summed E-state index contributed by atoms with van der Waals surface area (Å²) in [5.41, 5.74) is 10.7. The fourth-order valence-electron chi connectivity index (χ4n) is 5.44. The summed E-state index contributed by atoms with van der Waals surface area (Å²) in [6.07, 6.45) is 8.56. The second kappa shape index (κ2) is 8.40. The maximum atomic E-state index is 12.9. The number of amides is 3. The number of nitrogens with one attached hydrogen (secondary N) is 1. The third-order valence-electron chi connectivity index (χ3n) is 7.17. The molecule has 0 spiro atoms. The Bertz CT molecular complexity index is 971. The van der Waals surface area contributed by atoms with Crippen LogP contribution in [0.2, 0.25) is 0 Å². The summed E-state index contributed by atoms with van der Waals surface area (Å²) in [6.45, 7) is 2.55. The van der Waals surface area contributed by atoms with Gasteiger partial charge >= 0.3 is 6.03 Å². The minimum Gasteiger partial charge on any atom is -0.366 e. The number of primary amides is 1. The van der Waals surface area contributed by atoms with Crippen LogP contribution in [0.15, 0.2) is 30.3 Å². The molecular weight excluding hydrogens is 388 g/mol. The molecule has 2 fully saturated rings. The third-order valence-corrected chi connectivity index (χ3v) is 7.17. The Kier molecular flexibility index (Phi) is 5.47. The summed E-state index contributed by atoms with van der Waals surface area (Å²) in [5, 5.41) is 3.15. The average Bonchev–Trinajstić information content (AvgIpc) is 3.58. The fourth-order valence-corrected chi connectivity index (χ4v) is 5.44. The molecule has 2 saturated carbocycles. The van der Waals surface area contributed by atoms with Gasteiger partial charge in [0.05, 0.1) is 17.8 Å². The van der Waals surface area contributed by atoms with Crippen LogP contribution >= 0.6 is 0 Å². The quantitative estimate of drug-likeness (QED) is 0.759. The van der Waals surface area contributed by atoms with Gasteiger partial charge in [-0.3, -0.25) is 4.79 Å². The molecule has 1 aliphatic heterocycles. The second-order valence-corrected chi connectivity index (χ2v) is 9.35. The van der Waals surface area contributed by atoms with Crippen molar-refractivity contribution in [1.82, 2.24) is 14.8 Å². The average molecular weight is 421 g/mol. The number of benzene rings is 1. The number of rotatable bonds is 5. The predicted octanol–water partition coefficient (Wildman–Crippen LogP) is 4.24. The van der Waals surface area contributed by atoms with Crippen LogP contribution in [-0.4, -0.2) is 34.5 Å². The molecule has 0 unspecified atom stereocenters. The monoisotopic (exact) mass is 420 g/mol. The molecule has 31 heavy (non-hydrogen) atoms. The Hall–Kier alpha value is -2.76. The minimum absolute atomic E-state index is 0.0253. The molecular formula is C25H32N4O2. The van der Waals surface area contributed by atoms with E-state index in [0.29, 0.717) is 37.0 Å². The van der Waals surface area contributed by atoms with Crippen molar-refractivity contribution >= 4 is 11.9 Å². The molecule has 2 aliphatic carbocycles. The van der Waals surface area contributed by atoms with Gasteiger partial charge in [-0.15, -0.1) is 0 Å². The smallest absolute Gasteiger partial charge is 0.317 e. The molecule has 0 saturated heterocycles. The molecule has 164 valence electrons. The zero-order valence-corrected chi connectivity index (χ0v) is 18.1. The normalized spacial score (nSPS) is 19.2. The first kappa shape index (κ1) is 20.2. The van der Waals surface area contributed by atoms with Crippen LogP contribution in [0.4, 0.5) is 4.79 Å². The molecule has 2 aromatic rings. The van der Waals surface area contributed by atoms with Gasteiger partial charge in [0.1, 0.15) is 0 Å². The highest BCUT2D eigenvalue weighted by molar-refractivity contribution is 6.02. The van der Waals surface area contributed by atoms with Gasteiger partial charge in [-0.25, -0.2) is 4.79 Å². The number of fused-ring (bicyclic) bond motifs is 1. The van der Waals surface area contributed by atoms with E-state index in [4.69, 9.17) is 5.73 Å². The zero-order chi connectivity index (χ0) is 21.4. The lowest BCUT2D eigenvalue weighted by atomic mass is 9.89. The molecule has 1 aromatic heterocycles.